The van der Waals surface area contributed by atoms with Crippen molar-refractivity contribution in [2.45, 2.75) is 25.7 Å². The van der Waals surface area contributed by atoms with Gasteiger partial charge in [-0.3, -0.25) is 9.52 Å². The van der Waals surface area contributed by atoms with Crippen LogP contribution in [0.4, 0.5) is 5.13 Å². The summed E-state index contributed by atoms with van der Waals surface area (Å²) in [6, 6.07) is 6.09. The quantitative estimate of drug-likeness (QED) is 0.817. The summed E-state index contributed by atoms with van der Waals surface area (Å²) in [7, 11) is -3.74. The van der Waals surface area contributed by atoms with Gasteiger partial charge >= 0.3 is 0 Å². The van der Waals surface area contributed by atoms with Crippen molar-refractivity contribution in [1.82, 2.24) is 4.98 Å². The van der Waals surface area contributed by atoms with E-state index in [-0.39, 0.29) is 21.5 Å². The van der Waals surface area contributed by atoms with E-state index in [0.29, 0.717) is 17.2 Å². The lowest BCUT2D eigenvalue weighted by molar-refractivity contribution is 0.101. The highest BCUT2D eigenvalue weighted by Crippen LogP contribution is 2.25. The van der Waals surface area contributed by atoms with E-state index in [9.17, 15) is 13.2 Å². The first-order valence-corrected chi connectivity index (χ1v) is 8.87. The van der Waals surface area contributed by atoms with Gasteiger partial charge in [0.1, 0.15) is 11.4 Å². The lowest BCUT2D eigenvalue weighted by atomic mass is 10.3. The van der Waals surface area contributed by atoms with Crippen LogP contribution in [0, 0.1) is 6.92 Å². The van der Waals surface area contributed by atoms with Gasteiger partial charge in [-0.2, -0.15) is 0 Å². The average Bonchev–Trinajstić information content (AvgIpc) is 2.80. The summed E-state index contributed by atoms with van der Waals surface area (Å²) in [5, 5.41) is 0.177. The molecule has 2 rings (SSSR count). The van der Waals surface area contributed by atoms with Crippen LogP contribution >= 0.6 is 11.3 Å². The van der Waals surface area contributed by atoms with Gasteiger partial charge in [0.25, 0.3) is 10.0 Å². The third-order valence-corrected chi connectivity index (χ3v) is 5.17. The van der Waals surface area contributed by atoms with E-state index >= 15 is 0 Å². The van der Waals surface area contributed by atoms with Crippen molar-refractivity contribution in [2.24, 2.45) is 0 Å². The maximum absolute atomic E-state index is 12.3. The van der Waals surface area contributed by atoms with E-state index in [1.165, 1.54) is 19.1 Å². The zero-order chi connectivity index (χ0) is 16.3. The Morgan fingerprint density at radius 1 is 1.32 bits per heavy atom. The SMILES string of the molecule is CCOc1ccc(S(=O)(=O)Nc2nc(C(C)=O)c(C)s2)cc1. The third kappa shape index (κ3) is 3.63. The van der Waals surface area contributed by atoms with E-state index in [1.54, 1.807) is 19.1 Å². The predicted octanol–water partition coefficient (Wildman–Crippen LogP) is 2.85. The van der Waals surface area contributed by atoms with Gasteiger partial charge in [0.2, 0.25) is 0 Å². The van der Waals surface area contributed by atoms with Crippen molar-refractivity contribution < 1.29 is 17.9 Å². The summed E-state index contributed by atoms with van der Waals surface area (Å²) in [5.41, 5.74) is 0.286. The van der Waals surface area contributed by atoms with Crippen LogP contribution in [0.2, 0.25) is 0 Å². The number of sulfonamides is 1. The first kappa shape index (κ1) is 16.4. The largest absolute Gasteiger partial charge is 0.494 e. The van der Waals surface area contributed by atoms with Gasteiger partial charge < -0.3 is 4.74 Å². The highest BCUT2D eigenvalue weighted by molar-refractivity contribution is 7.93. The molecule has 0 aliphatic heterocycles. The number of carbonyl (C=O) groups excluding carboxylic acids is 1. The van der Waals surface area contributed by atoms with Crippen LogP contribution in [-0.2, 0) is 10.0 Å². The number of hydrogen-bond donors (Lipinski definition) is 1. The minimum absolute atomic E-state index is 0.105. The number of ether oxygens (including phenoxy) is 1. The zero-order valence-corrected chi connectivity index (χ0v) is 14.0. The Balaban J connectivity index is 2.23. The highest BCUT2D eigenvalue weighted by atomic mass is 32.2. The van der Waals surface area contributed by atoms with Gasteiger partial charge in [-0.05, 0) is 38.1 Å². The van der Waals surface area contributed by atoms with Crippen LogP contribution in [0.5, 0.6) is 5.75 Å². The first-order chi connectivity index (χ1) is 10.3. The molecule has 2 aromatic rings. The molecular weight excluding hydrogens is 324 g/mol. The molecule has 0 atom stereocenters. The molecule has 8 heteroatoms. The molecule has 6 nitrogen and oxygen atoms in total. The lowest BCUT2D eigenvalue weighted by Crippen LogP contribution is -2.13. The second-order valence-electron chi connectivity index (χ2n) is 4.49. The standard InChI is InChI=1S/C14H16N2O4S2/c1-4-20-11-5-7-12(8-6-11)22(18,19)16-14-15-13(9(2)17)10(3)21-14/h5-8H,4H2,1-3H3,(H,15,16). The second-order valence-corrected chi connectivity index (χ2v) is 7.38. The molecule has 1 aromatic heterocycles. The fourth-order valence-electron chi connectivity index (χ4n) is 1.82. The van der Waals surface area contributed by atoms with Crippen LogP contribution in [0.1, 0.15) is 29.2 Å². The fourth-order valence-corrected chi connectivity index (χ4v) is 3.92. The maximum atomic E-state index is 12.3. The van der Waals surface area contributed by atoms with Gasteiger partial charge in [0.15, 0.2) is 10.9 Å². The topological polar surface area (TPSA) is 85.4 Å². The summed E-state index contributed by atoms with van der Waals surface area (Å²) in [5.74, 6) is 0.408. The van der Waals surface area contributed by atoms with Crippen molar-refractivity contribution in [3.05, 3.63) is 34.8 Å². The Labute approximate surface area is 133 Å². The first-order valence-electron chi connectivity index (χ1n) is 6.57. The van der Waals surface area contributed by atoms with Crippen molar-refractivity contribution in [2.75, 3.05) is 11.3 Å². The summed E-state index contributed by atoms with van der Waals surface area (Å²) in [4.78, 5) is 16.2. The van der Waals surface area contributed by atoms with Crippen LogP contribution < -0.4 is 9.46 Å². The van der Waals surface area contributed by atoms with Crippen molar-refractivity contribution >= 4 is 32.3 Å². The average molecular weight is 340 g/mol. The Kier molecular flexibility index (Phi) is 4.82. The number of carbonyl (C=O) groups is 1. The minimum Gasteiger partial charge on any atom is -0.494 e. The van der Waals surface area contributed by atoms with Crippen LogP contribution in [0.15, 0.2) is 29.2 Å². The number of hydrogen-bond acceptors (Lipinski definition) is 6. The van der Waals surface area contributed by atoms with Gasteiger partial charge in [-0.15, -0.1) is 11.3 Å². The highest BCUT2D eigenvalue weighted by Gasteiger charge is 2.18. The summed E-state index contributed by atoms with van der Waals surface area (Å²) >= 11 is 1.13. The van der Waals surface area contributed by atoms with E-state index in [1.807, 2.05) is 6.92 Å². The number of anilines is 1. The van der Waals surface area contributed by atoms with Crippen LogP contribution in [0.3, 0.4) is 0 Å². The van der Waals surface area contributed by atoms with E-state index in [0.717, 1.165) is 11.3 Å². The molecule has 0 saturated heterocycles. The molecule has 22 heavy (non-hydrogen) atoms. The molecule has 0 saturated carbocycles. The second kappa shape index (κ2) is 6.45. The van der Waals surface area contributed by atoms with Crippen molar-refractivity contribution in [3.63, 3.8) is 0 Å². The third-order valence-electron chi connectivity index (χ3n) is 2.80. The number of aryl methyl sites for hydroxylation is 1. The smallest absolute Gasteiger partial charge is 0.263 e. The Morgan fingerprint density at radius 3 is 2.45 bits per heavy atom. The van der Waals surface area contributed by atoms with E-state index in [2.05, 4.69) is 9.71 Å². The Hall–Kier alpha value is -1.93. The maximum Gasteiger partial charge on any atom is 0.263 e. The number of aromatic nitrogens is 1. The number of benzene rings is 1. The number of ketones is 1. The monoisotopic (exact) mass is 340 g/mol. The van der Waals surface area contributed by atoms with Gasteiger partial charge in [0.05, 0.1) is 11.5 Å². The zero-order valence-electron chi connectivity index (χ0n) is 12.4. The normalized spacial score (nSPS) is 11.2. The molecule has 0 aliphatic rings. The molecular formula is C14H16N2O4S2. The number of nitrogens with one attached hydrogen (secondary N) is 1. The molecule has 0 unspecified atom stereocenters. The van der Waals surface area contributed by atoms with E-state index < -0.39 is 10.0 Å². The summed E-state index contributed by atoms with van der Waals surface area (Å²) < 4.78 is 32.2. The van der Waals surface area contributed by atoms with E-state index in [4.69, 9.17) is 4.74 Å². The molecule has 1 aromatic carbocycles. The van der Waals surface area contributed by atoms with Gasteiger partial charge in [-0.25, -0.2) is 13.4 Å². The van der Waals surface area contributed by atoms with Crippen molar-refractivity contribution in [3.8, 4) is 5.75 Å². The molecule has 0 bridgehead atoms. The van der Waals surface area contributed by atoms with Crippen molar-refractivity contribution in [1.29, 1.82) is 0 Å². The molecule has 1 N–H and O–H groups in total. The molecule has 0 fully saturated rings. The Morgan fingerprint density at radius 2 is 1.95 bits per heavy atom. The summed E-state index contributed by atoms with van der Waals surface area (Å²) in [6.45, 7) is 5.48. The number of Topliss-reactive ketones (excluding diaryl/α,β-unsaturated/α-hetero) is 1. The molecule has 1 heterocycles. The molecule has 0 spiro atoms. The molecule has 0 aliphatic carbocycles. The summed E-state index contributed by atoms with van der Waals surface area (Å²) in [6.07, 6.45) is 0. The van der Waals surface area contributed by atoms with Gasteiger partial charge in [0, 0.05) is 11.8 Å². The molecule has 0 radical (unpaired) electrons. The van der Waals surface area contributed by atoms with Crippen LogP contribution in [0.25, 0.3) is 0 Å². The number of rotatable bonds is 6. The molecule has 118 valence electrons. The number of thiazole rings is 1. The lowest BCUT2D eigenvalue weighted by Gasteiger charge is -2.06. The predicted molar refractivity (Wildman–Crippen MR) is 85.3 cm³/mol. The molecule has 0 amide bonds. The Bertz CT molecular complexity index is 780. The van der Waals surface area contributed by atoms with Gasteiger partial charge in [-0.1, -0.05) is 0 Å². The minimum atomic E-state index is -3.74. The fraction of sp³-hybridized carbons (Fsp3) is 0.286. The number of nitrogens with zero attached hydrogens (tertiary/aromatic N) is 1. The van der Waals surface area contributed by atoms with Crippen LogP contribution in [-0.4, -0.2) is 25.8 Å².